The summed E-state index contributed by atoms with van der Waals surface area (Å²) in [6.07, 6.45) is 2.87. The molecule has 2 aliphatic heterocycles. The number of fused-ring (bicyclic) bond motifs is 1. The standard InChI is InChI=1S/C21H25N3O3S.ClH/c22-19-9-4-10-20-18(19)8-5-13-24(20)21(25)16-11-14-23(15-12-16)28(26,27)17-6-2-1-3-7-17;/h1-4,6-7,9-10,16H,5,8,11-15,22H2;1H. The number of nitrogens with two attached hydrogens (primary N) is 1. The summed E-state index contributed by atoms with van der Waals surface area (Å²) in [6, 6.07) is 14.2. The third kappa shape index (κ3) is 4.13. The van der Waals surface area contributed by atoms with Crippen LogP contribution in [0.25, 0.3) is 0 Å². The van der Waals surface area contributed by atoms with Crippen LogP contribution in [0.1, 0.15) is 24.8 Å². The van der Waals surface area contributed by atoms with Gasteiger partial charge in [-0.25, -0.2) is 8.42 Å². The number of nitrogens with zero attached hydrogens (tertiary/aromatic N) is 2. The third-order valence-corrected chi connectivity index (χ3v) is 7.65. The number of hydrogen-bond donors (Lipinski definition) is 1. The van der Waals surface area contributed by atoms with Gasteiger partial charge in [-0.15, -0.1) is 12.4 Å². The van der Waals surface area contributed by atoms with E-state index in [9.17, 15) is 13.2 Å². The van der Waals surface area contributed by atoms with Gasteiger partial charge >= 0.3 is 0 Å². The Balaban J connectivity index is 0.00000240. The normalized spacial score (nSPS) is 18.0. The van der Waals surface area contributed by atoms with Crippen LogP contribution < -0.4 is 10.6 Å². The molecule has 2 N–H and O–H groups in total. The zero-order valence-corrected chi connectivity index (χ0v) is 17.8. The van der Waals surface area contributed by atoms with Gasteiger partial charge in [0.05, 0.1) is 4.90 Å². The van der Waals surface area contributed by atoms with Crippen molar-refractivity contribution in [2.75, 3.05) is 30.3 Å². The van der Waals surface area contributed by atoms with Crippen molar-refractivity contribution in [3.63, 3.8) is 0 Å². The average Bonchev–Trinajstić information content (AvgIpc) is 2.74. The number of sulfonamides is 1. The summed E-state index contributed by atoms with van der Waals surface area (Å²) in [6.45, 7) is 1.42. The fraction of sp³-hybridized carbons (Fsp3) is 0.381. The van der Waals surface area contributed by atoms with Crippen LogP contribution >= 0.6 is 12.4 Å². The molecular weight excluding hydrogens is 410 g/mol. The number of nitrogen functional groups attached to an aromatic ring is 1. The van der Waals surface area contributed by atoms with Crippen molar-refractivity contribution in [2.45, 2.75) is 30.6 Å². The van der Waals surface area contributed by atoms with E-state index >= 15 is 0 Å². The highest BCUT2D eigenvalue weighted by molar-refractivity contribution is 7.89. The maximum absolute atomic E-state index is 13.2. The molecule has 0 atom stereocenters. The molecule has 0 saturated carbocycles. The number of piperidine rings is 1. The van der Waals surface area contributed by atoms with E-state index in [0.717, 1.165) is 29.8 Å². The smallest absolute Gasteiger partial charge is 0.243 e. The van der Waals surface area contributed by atoms with Gasteiger partial charge in [-0.05, 0) is 55.5 Å². The second kappa shape index (κ2) is 8.73. The predicted molar refractivity (Wildman–Crippen MR) is 117 cm³/mol. The molecule has 2 heterocycles. The molecule has 1 saturated heterocycles. The molecule has 1 amide bonds. The molecule has 2 aromatic rings. The Morgan fingerprint density at radius 1 is 0.966 bits per heavy atom. The van der Waals surface area contributed by atoms with Crippen molar-refractivity contribution in [2.24, 2.45) is 5.92 Å². The van der Waals surface area contributed by atoms with Gasteiger partial charge in [0.15, 0.2) is 0 Å². The van der Waals surface area contributed by atoms with Gasteiger partial charge in [-0.3, -0.25) is 4.79 Å². The van der Waals surface area contributed by atoms with Gasteiger partial charge in [-0.1, -0.05) is 24.3 Å². The van der Waals surface area contributed by atoms with E-state index in [1.54, 1.807) is 30.3 Å². The lowest BCUT2D eigenvalue weighted by molar-refractivity contribution is -0.123. The molecule has 0 bridgehead atoms. The second-order valence-electron chi connectivity index (χ2n) is 7.43. The highest BCUT2D eigenvalue weighted by Gasteiger charge is 2.35. The van der Waals surface area contributed by atoms with Crippen molar-refractivity contribution in [1.29, 1.82) is 0 Å². The summed E-state index contributed by atoms with van der Waals surface area (Å²) >= 11 is 0. The van der Waals surface area contributed by atoms with Crippen molar-refractivity contribution in [3.05, 3.63) is 54.1 Å². The minimum atomic E-state index is -3.50. The van der Waals surface area contributed by atoms with Crippen LogP contribution in [-0.2, 0) is 21.2 Å². The number of halogens is 1. The minimum absolute atomic E-state index is 0. The Hall–Kier alpha value is -2.09. The monoisotopic (exact) mass is 435 g/mol. The fourth-order valence-corrected chi connectivity index (χ4v) is 5.68. The Bertz CT molecular complexity index is 974. The van der Waals surface area contributed by atoms with Crippen LogP contribution in [0.5, 0.6) is 0 Å². The molecule has 0 unspecified atom stereocenters. The molecule has 156 valence electrons. The van der Waals surface area contributed by atoms with E-state index < -0.39 is 10.0 Å². The molecule has 6 nitrogen and oxygen atoms in total. The van der Waals surface area contributed by atoms with Crippen molar-refractivity contribution < 1.29 is 13.2 Å². The van der Waals surface area contributed by atoms with Crippen LogP contribution in [0.4, 0.5) is 11.4 Å². The summed E-state index contributed by atoms with van der Waals surface area (Å²) in [4.78, 5) is 15.3. The zero-order chi connectivity index (χ0) is 19.7. The van der Waals surface area contributed by atoms with Crippen LogP contribution in [0.15, 0.2) is 53.4 Å². The first-order valence-electron chi connectivity index (χ1n) is 9.72. The van der Waals surface area contributed by atoms with Gasteiger partial charge in [0, 0.05) is 36.9 Å². The van der Waals surface area contributed by atoms with Crippen LogP contribution in [-0.4, -0.2) is 38.3 Å². The first-order valence-corrected chi connectivity index (χ1v) is 11.2. The van der Waals surface area contributed by atoms with Crippen LogP contribution in [0, 0.1) is 5.92 Å². The van der Waals surface area contributed by atoms with E-state index in [1.807, 2.05) is 23.1 Å². The number of anilines is 2. The summed E-state index contributed by atoms with van der Waals surface area (Å²) in [5.74, 6) is -0.0714. The molecule has 4 rings (SSSR count). The molecule has 2 aromatic carbocycles. The molecule has 0 aliphatic carbocycles. The number of rotatable bonds is 3. The lowest BCUT2D eigenvalue weighted by atomic mass is 9.93. The topological polar surface area (TPSA) is 83.7 Å². The Morgan fingerprint density at radius 3 is 2.34 bits per heavy atom. The first kappa shape index (κ1) is 21.6. The number of carbonyl (C=O) groups is 1. The van der Waals surface area contributed by atoms with Gasteiger partial charge < -0.3 is 10.6 Å². The second-order valence-corrected chi connectivity index (χ2v) is 9.37. The molecule has 0 spiro atoms. The number of benzene rings is 2. The highest BCUT2D eigenvalue weighted by atomic mass is 35.5. The quantitative estimate of drug-likeness (QED) is 0.751. The number of amides is 1. The molecule has 8 heteroatoms. The van der Waals surface area contributed by atoms with Gasteiger partial charge in [0.25, 0.3) is 0 Å². The maximum atomic E-state index is 13.2. The fourth-order valence-electron chi connectivity index (χ4n) is 4.19. The van der Waals surface area contributed by atoms with E-state index in [0.29, 0.717) is 37.4 Å². The Labute approximate surface area is 178 Å². The Morgan fingerprint density at radius 2 is 1.66 bits per heavy atom. The number of hydrogen-bond acceptors (Lipinski definition) is 4. The first-order chi connectivity index (χ1) is 13.5. The van der Waals surface area contributed by atoms with Gasteiger partial charge in [0.1, 0.15) is 0 Å². The Kier molecular flexibility index (Phi) is 6.51. The van der Waals surface area contributed by atoms with Crippen LogP contribution in [0.2, 0.25) is 0 Å². The van der Waals surface area contributed by atoms with Gasteiger partial charge in [0.2, 0.25) is 15.9 Å². The summed E-state index contributed by atoms with van der Waals surface area (Å²) in [5.41, 5.74) is 8.79. The van der Waals surface area contributed by atoms with E-state index in [-0.39, 0.29) is 24.2 Å². The molecule has 1 fully saturated rings. The largest absolute Gasteiger partial charge is 0.398 e. The van der Waals surface area contributed by atoms with Crippen molar-refractivity contribution in [3.8, 4) is 0 Å². The SMILES string of the molecule is Cl.Nc1cccc2c1CCCN2C(=O)C1CCN(S(=O)(=O)c2ccccc2)CC1. The third-order valence-electron chi connectivity index (χ3n) is 5.74. The van der Waals surface area contributed by atoms with E-state index in [4.69, 9.17) is 5.73 Å². The van der Waals surface area contributed by atoms with Crippen molar-refractivity contribution in [1.82, 2.24) is 4.31 Å². The lowest BCUT2D eigenvalue weighted by Crippen LogP contribution is -2.45. The number of carbonyl (C=O) groups excluding carboxylic acids is 1. The van der Waals surface area contributed by atoms with E-state index in [1.165, 1.54) is 4.31 Å². The summed E-state index contributed by atoms with van der Waals surface area (Å²) < 4.78 is 27.1. The molecule has 2 aliphatic rings. The average molecular weight is 436 g/mol. The van der Waals surface area contributed by atoms with E-state index in [2.05, 4.69) is 0 Å². The molecule has 29 heavy (non-hydrogen) atoms. The van der Waals surface area contributed by atoms with Crippen LogP contribution in [0.3, 0.4) is 0 Å². The van der Waals surface area contributed by atoms with Crippen molar-refractivity contribution >= 4 is 39.7 Å². The summed E-state index contributed by atoms with van der Waals surface area (Å²) in [7, 11) is -3.50. The highest BCUT2D eigenvalue weighted by Crippen LogP contribution is 2.34. The zero-order valence-electron chi connectivity index (χ0n) is 16.2. The minimum Gasteiger partial charge on any atom is -0.398 e. The molecule has 0 radical (unpaired) electrons. The van der Waals surface area contributed by atoms with Gasteiger partial charge in [-0.2, -0.15) is 4.31 Å². The summed E-state index contributed by atoms with van der Waals surface area (Å²) in [5, 5.41) is 0. The predicted octanol–water partition coefficient (Wildman–Crippen LogP) is 3.07. The maximum Gasteiger partial charge on any atom is 0.243 e. The molecular formula is C21H26ClN3O3S. The lowest BCUT2D eigenvalue weighted by Gasteiger charge is -2.36. The molecule has 0 aromatic heterocycles.